The SMILES string of the molecule is O=[P+]([O-])Oc1ccccc1.[NH3+]C1CCCCC1. The number of hydrogen-bond donors (Lipinski definition) is 1. The van der Waals surface area contributed by atoms with E-state index in [-0.39, 0.29) is 0 Å². The zero-order chi connectivity index (χ0) is 12.5. The molecule has 94 valence electrons. The van der Waals surface area contributed by atoms with Crippen LogP contribution in [0.3, 0.4) is 0 Å². The van der Waals surface area contributed by atoms with Gasteiger partial charge in [0.2, 0.25) is 0 Å². The topological polar surface area (TPSA) is 77.0 Å². The van der Waals surface area contributed by atoms with Crippen molar-refractivity contribution in [2.75, 3.05) is 0 Å². The van der Waals surface area contributed by atoms with Gasteiger partial charge in [0.1, 0.15) is 0 Å². The molecule has 1 saturated carbocycles. The van der Waals surface area contributed by atoms with Gasteiger partial charge in [0.15, 0.2) is 5.75 Å². The fraction of sp³-hybridized carbons (Fsp3) is 0.500. The molecule has 1 unspecified atom stereocenters. The Labute approximate surface area is 103 Å². The molecule has 2 rings (SSSR count). The van der Waals surface area contributed by atoms with E-state index in [0.29, 0.717) is 5.75 Å². The summed E-state index contributed by atoms with van der Waals surface area (Å²) in [6.45, 7) is 0. The summed E-state index contributed by atoms with van der Waals surface area (Å²) in [6.07, 6.45) is 7.05. The minimum absolute atomic E-state index is 0.346. The highest BCUT2D eigenvalue weighted by atomic mass is 31.1. The van der Waals surface area contributed by atoms with Crippen LogP contribution in [0.2, 0.25) is 0 Å². The number of hydrogen-bond acceptors (Lipinski definition) is 3. The summed E-state index contributed by atoms with van der Waals surface area (Å²) in [5, 5.41) is 0. The third kappa shape index (κ3) is 7.05. The van der Waals surface area contributed by atoms with Crippen LogP contribution < -0.4 is 15.2 Å². The van der Waals surface area contributed by atoms with E-state index in [0.717, 1.165) is 6.04 Å². The standard InChI is InChI=1S/C6H13N.C6H5O3P/c7-6-4-2-1-3-5-6;7-10(8)9-6-4-2-1-3-5-6/h6H,1-5,7H2;1-5H/p+1. The molecule has 1 aliphatic rings. The van der Waals surface area contributed by atoms with Gasteiger partial charge in [0.25, 0.3) is 0 Å². The number of para-hydroxylation sites is 1. The molecule has 1 aromatic rings. The molecule has 5 heteroatoms. The summed E-state index contributed by atoms with van der Waals surface area (Å²) in [7, 11) is -2.78. The Bertz CT molecular complexity index is 326. The Hall–Kier alpha value is -0.960. The maximum absolute atomic E-state index is 9.98. The van der Waals surface area contributed by atoms with Crippen molar-refractivity contribution in [3.63, 3.8) is 0 Å². The molecule has 4 nitrogen and oxygen atoms in total. The smallest absolute Gasteiger partial charge is 0.539 e. The van der Waals surface area contributed by atoms with Crippen molar-refractivity contribution in [3.8, 4) is 5.75 Å². The van der Waals surface area contributed by atoms with Crippen molar-refractivity contribution in [2.45, 2.75) is 38.1 Å². The van der Waals surface area contributed by atoms with Crippen LogP contribution in [-0.2, 0) is 4.57 Å². The van der Waals surface area contributed by atoms with Crippen LogP contribution in [0.1, 0.15) is 32.1 Å². The van der Waals surface area contributed by atoms with Crippen LogP contribution in [0.4, 0.5) is 0 Å². The predicted octanol–water partition coefficient (Wildman–Crippen LogP) is 1.64. The van der Waals surface area contributed by atoms with Gasteiger partial charge in [-0.3, -0.25) is 4.52 Å². The molecule has 0 heterocycles. The fourth-order valence-electron chi connectivity index (χ4n) is 1.75. The monoisotopic (exact) mass is 256 g/mol. The Morgan fingerprint density at radius 2 is 1.76 bits per heavy atom. The van der Waals surface area contributed by atoms with Crippen molar-refractivity contribution in [2.24, 2.45) is 0 Å². The van der Waals surface area contributed by atoms with Gasteiger partial charge >= 0.3 is 8.25 Å². The van der Waals surface area contributed by atoms with Crippen LogP contribution >= 0.6 is 8.25 Å². The summed E-state index contributed by atoms with van der Waals surface area (Å²) in [4.78, 5) is 9.98. The van der Waals surface area contributed by atoms with Crippen LogP contribution in [0.15, 0.2) is 30.3 Å². The lowest BCUT2D eigenvalue weighted by atomic mass is 9.97. The summed E-state index contributed by atoms with van der Waals surface area (Å²) in [5.41, 5.74) is 4.00. The van der Waals surface area contributed by atoms with Crippen molar-refractivity contribution in [1.29, 1.82) is 0 Å². The van der Waals surface area contributed by atoms with Crippen molar-refractivity contribution in [3.05, 3.63) is 30.3 Å². The molecule has 0 aromatic heterocycles. The highest BCUT2D eigenvalue weighted by Gasteiger charge is 2.09. The molecule has 1 atom stereocenters. The highest BCUT2D eigenvalue weighted by Crippen LogP contribution is 2.18. The number of rotatable bonds is 2. The first-order chi connectivity index (χ1) is 8.18. The Morgan fingerprint density at radius 1 is 1.18 bits per heavy atom. The maximum atomic E-state index is 9.98. The van der Waals surface area contributed by atoms with Gasteiger partial charge in [-0.25, -0.2) is 0 Å². The third-order valence-electron chi connectivity index (χ3n) is 2.65. The normalized spacial score (nSPS) is 16.7. The van der Waals surface area contributed by atoms with Gasteiger partial charge in [-0.2, -0.15) is 0 Å². The summed E-state index contributed by atoms with van der Waals surface area (Å²) in [6, 6.07) is 9.12. The zero-order valence-corrected chi connectivity index (χ0v) is 10.8. The van der Waals surface area contributed by atoms with Gasteiger partial charge in [-0.05, 0) is 42.4 Å². The summed E-state index contributed by atoms with van der Waals surface area (Å²) >= 11 is 0. The van der Waals surface area contributed by atoms with E-state index in [1.54, 1.807) is 30.3 Å². The quantitative estimate of drug-likeness (QED) is 0.817. The zero-order valence-electron chi connectivity index (χ0n) is 9.88. The van der Waals surface area contributed by atoms with E-state index in [9.17, 15) is 9.46 Å². The van der Waals surface area contributed by atoms with E-state index in [1.807, 2.05) is 0 Å². The molecule has 1 aromatic carbocycles. The van der Waals surface area contributed by atoms with Crippen molar-refractivity contribution >= 4 is 8.25 Å². The molecular weight excluding hydrogens is 237 g/mol. The Kier molecular flexibility index (Phi) is 6.78. The van der Waals surface area contributed by atoms with E-state index < -0.39 is 8.25 Å². The Balaban J connectivity index is 0.000000181. The maximum Gasteiger partial charge on any atom is 0.539 e. The minimum atomic E-state index is -2.78. The van der Waals surface area contributed by atoms with E-state index >= 15 is 0 Å². The number of quaternary nitrogens is 1. The molecule has 0 spiro atoms. The van der Waals surface area contributed by atoms with Gasteiger partial charge in [-0.1, -0.05) is 24.6 Å². The average molecular weight is 256 g/mol. The van der Waals surface area contributed by atoms with E-state index in [2.05, 4.69) is 10.3 Å². The van der Waals surface area contributed by atoms with Crippen molar-refractivity contribution < 1.29 is 19.7 Å². The molecule has 0 bridgehead atoms. The minimum Gasteiger partial charge on any atom is -0.558 e. The Morgan fingerprint density at radius 3 is 2.18 bits per heavy atom. The van der Waals surface area contributed by atoms with Crippen LogP contribution in [0.25, 0.3) is 0 Å². The van der Waals surface area contributed by atoms with Gasteiger partial charge in [0, 0.05) is 0 Å². The fourth-order valence-corrected chi connectivity index (χ4v) is 2.05. The molecule has 0 amide bonds. The van der Waals surface area contributed by atoms with Gasteiger partial charge in [0.05, 0.1) is 6.04 Å². The second-order valence-corrected chi connectivity index (χ2v) is 4.76. The molecule has 0 saturated heterocycles. The lowest BCUT2D eigenvalue weighted by Crippen LogP contribution is -2.61. The average Bonchev–Trinajstić information content (AvgIpc) is 2.31. The molecule has 1 aliphatic carbocycles. The van der Waals surface area contributed by atoms with Crippen LogP contribution in [-0.4, -0.2) is 6.04 Å². The molecule has 0 aliphatic heterocycles. The summed E-state index contributed by atoms with van der Waals surface area (Å²) in [5.74, 6) is 0.346. The highest BCUT2D eigenvalue weighted by molar-refractivity contribution is 7.31. The first kappa shape index (κ1) is 14.1. The van der Waals surface area contributed by atoms with Crippen LogP contribution in [0, 0.1) is 0 Å². The van der Waals surface area contributed by atoms with Crippen molar-refractivity contribution in [1.82, 2.24) is 0 Å². The second kappa shape index (κ2) is 8.18. The van der Waals surface area contributed by atoms with Crippen LogP contribution in [0.5, 0.6) is 5.75 Å². The lowest BCUT2D eigenvalue weighted by molar-refractivity contribution is -0.425. The molecular formula is C12H19NO3P+. The van der Waals surface area contributed by atoms with Gasteiger partial charge in [-0.15, -0.1) is 0 Å². The first-order valence-corrected chi connectivity index (χ1v) is 6.98. The van der Waals surface area contributed by atoms with Gasteiger partial charge < -0.3 is 10.6 Å². The van der Waals surface area contributed by atoms with E-state index in [4.69, 9.17) is 0 Å². The third-order valence-corrected chi connectivity index (χ3v) is 3.01. The molecule has 1 fully saturated rings. The number of benzene rings is 1. The van der Waals surface area contributed by atoms with E-state index in [1.165, 1.54) is 32.1 Å². The summed E-state index contributed by atoms with van der Waals surface area (Å²) < 4.78 is 14.4. The first-order valence-electron chi connectivity index (χ1n) is 5.89. The molecule has 3 N–H and O–H groups in total. The predicted molar refractivity (Wildman–Crippen MR) is 64.4 cm³/mol. The largest absolute Gasteiger partial charge is 0.558 e. The molecule has 0 radical (unpaired) electrons. The second-order valence-electron chi connectivity index (χ2n) is 4.13. The molecule has 17 heavy (non-hydrogen) atoms. The lowest BCUT2D eigenvalue weighted by Gasteiger charge is -2.12.